The molecule has 28 heteroatoms. The molecular formula is C90H111Cs3O25. The van der Waals surface area contributed by atoms with Crippen molar-refractivity contribution in [1.82, 2.24) is 0 Å². The molecule has 0 radical (unpaired) electrons. The largest absolute Gasteiger partial charge is 1.00 e. The Morgan fingerprint density at radius 1 is 0.381 bits per heavy atom. The third-order valence-corrected chi connectivity index (χ3v) is 18.1. The number of aliphatic hydroxyl groups excluding tert-OH is 4. The summed E-state index contributed by atoms with van der Waals surface area (Å²) in [5.41, 5.74) is 20.5. The normalized spacial score (nSPS) is 11.5. The number of hydrogen-bond acceptors (Lipinski definition) is 25. The van der Waals surface area contributed by atoms with Gasteiger partial charge in [-0.15, -0.1) is 5.56 Å². The number of carbonyl (C=O) groups is 2. The van der Waals surface area contributed by atoms with Crippen molar-refractivity contribution in [3.8, 4) is 33.8 Å². The number of aromatic carboxylic acids is 1. The minimum Gasteiger partial charge on any atom is -0.870 e. The van der Waals surface area contributed by atoms with Gasteiger partial charge in [-0.1, -0.05) is 145 Å². The van der Waals surface area contributed by atoms with E-state index in [0.717, 1.165) is 62.1 Å². The van der Waals surface area contributed by atoms with Gasteiger partial charge in [-0.2, -0.15) is 49.0 Å². The van der Waals surface area contributed by atoms with Crippen LogP contribution in [0, 0.1) is 47.6 Å². The van der Waals surface area contributed by atoms with Crippen molar-refractivity contribution in [3.05, 3.63) is 246 Å². The van der Waals surface area contributed by atoms with Gasteiger partial charge in [-0.05, 0) is 139 Å². The summed E-state index contributed by atoms with van der Waals surface area (Å²) >= 11 is 0. The molecule has 0 aromatic heterocycles. The summed E-state index contributed by atoms with van der Waals surface area (Å²) in [7, 11) is 3.27. The molecule has 2 aliphatic carbocycles. The second kappa shape index (κ2) is 64.4. The molecule has 0 saturated heterocycles. The molecule has 5 N–H and O–H groups in total. The van der Waals surface area contributed by atoms with Crippen molar-refractivity contribution < 1.29 is 328 Å². The first-order chi connectivity index (χ1) is 55.4. The third-order valence-electron chi connectivity index (χ3n) is 18.1. The molecule has 2 aliphatic rings. The Bertz CT molecular complexity index is 4130. The minimum atomic E-state index is -1.30. The number of esters is 1. The summed E-state index contributed by atoms with van der Waals surface area (Å²) in [6, 6.07) is 54.4. The fourth-order valence-electron chi connectivity index (χ4n) is 13.3. The standard InChI is InChI=1S/C40H46O6.C36H37O6.2C6H14O4.2CO2.3Cs.H2O/c1-7-30-23-27(3)11-15-35(30)40(36-24-28(4)9-13-32(36)33-14-10-29(5)25-37(33)40)31-12-16-38(34(26-31)39(41)45-8-2)46-22-21-44-20-19-43-18-17-42-6;1-24-5-9-27(10-6-24)36(32-21-25(2)7-12-29(32)30-13-8-26(3)22-33(30)36)28-11-14-34(31(23-28)35(37)38)42-20-19-41-18-17-40-16-15-39-4;2*7-1-3-9-5-6-10-4-2-8;2*2-1-3;;;;/h9-16,23-26H,7-8,17-22H2,1-6H3;5-9,11-14,21-23H,15-20H2,1-4H3,(H,37,38);2*7-8H,1-6H2;;;;;;1H2/q;-1;;;;;3*+1;/p-2. The van der Waals surface area contributed by atoms with Crippen LogP contribution in [0.25, 0.3) is 22.3 Å². The molecule has 0 atom stereocenters. The Hall–Kier alpha value is -3.38. The number of carboxylic acids is 1. The molecule has 25 nitrogen and oxygen atoms in total. The molecule has 0 bridgehead atoms. The first-order valence-corrected chi connectivity index (χ1v) is 37.9. The minimum absolute atomic E-state index is 0. The Kier molecular flexibility index (Phi) is 61.4. The zero-order valence-electron chi connectivity index (χ0n) is 70.6. The maximum Gasteiger partial charge on any atom is 1.00 e. The van der Waals surface area contributed by atoms with Crippen molar-refractivity contribution in [2.45, 2.75) is 72.6 Å². The molecule has 0 fully saturated rings. The van der Waals surface area contributed by atoms with E-state index in [-0.39, 0.29) is 282 Å². The number of fused-ring (bicyclic) bond motifs is 6. The first kappa shape index (κ1) is 113. The SMILES string of the molecule is CCOC(=O)c1cc(C2(c3ccc(C)cc3CC)c3cc(C)ccc3-c3ccc(C)cc32)ccc1OCCOCCOCCOC.COCCOCCOCCOc1ccc(C2(c3[c-]cc(C)cc3)c3cc(C)ccc3-c3ccc(C)cc32)cc1C(=O)[O-].O=C=O.O=C=O.OCCOCCOCCO.OCCOCCOCCO.[Cs+].[Cs+].[Cs+].[OH-]. The molecule has 0 spiro atoms. The maximum atomic E-state index is 13.5. The van der Waals surface area contributed by atoms with Gasteiger partial charge in [0.05, 0.1) is 163 Å². The fourth-order valence-corrected chi connectivity index (χ4v) is 13.3. The van der Waals surface area contributed by atoms with Crippen LogP contribution in [0.15, 0.2) is 146 Å². The van der Waals surface area contributed by atoms with E-state index in [1.54, 1.807) is 26.4 Å². The Morgan fingerprint density at radius 2 is 0.695 bits per heavy atom. The molecule has 0 aliphatic heterocycles. The van der Waals surface area contributed by atoms with Crippen LogP contribution in [0.4, 0.5) is 0 Å². The van der Waals surface area contributed by atoms with Crippen molar-refractivity contribution in [2.24, 2.45) is 0 Å². The molecular weight excluding hydrogens is 1880 g/mol. The van der Waals surface area contributed by atoms with Crippen molar-refractivity contribution >= 4 is 24.2 Å². The topological polar surface area (TPSA) is 356 Å². The van der Waals surface area contributed by atoms with Gasteiger partial charge < -0.3 is 97.4 Å². The van der Waals surface area contributed by atoms with E-state index in [9.17, 15) is 14.7 Å². The molecule has 118 heavy (non-hydrogen) atoms. The van der Waals surface area contributed by atoms with E-state index in [2.05, 4.69) is 157 Å². The number of carboxylic acid groups (broad SMARTS) is 1. The second-order valence-corrected chi connectivity index (χ2v) is 26.1. The quantitative estimate of drug-likeness (QED) is 0.0232. The van der Waals surface area contributed by atoms with Gasteiger partial charge in [0.2, 0.25) is 0 Å². The van der Waals surface area contributed by atoms with Crippen molar-refractivity contribution in [1.29, 1.82) is 0 Å². The number of rotatable bonds is 42. The average Bonchev–Trinajstić information content (AvgIpc) is 1.54. The van der Waals surface area contributed by atoms with E-state index < -0.39 is 22.8 Å². The molecule has 8 aromatic carbocycles. The van der Waals surface area contributed by atoms with Gasteiger partial charge in [-0.25, -0.2) is 4.79 Å². The van der Waals surface area contributed by atoms with Gasteiger partial charge >= 0.3 is 225 Å². The smallest absolute Gasteiger partial charge is 0.870 e. The van der Waals surface area contributed by atoms with Crippen LogP contribution in [0.5, 0.6) is 11.5 Å². The summed E-state index contributed by atoms with van der Waals surface area (Å²) in [4.78, 5) is 58.5. The summed E-state index contributed by atoms with van der Waals surface area (Å²) in [6.07, 6.45) is 1.38. The van der Waals surface area contributed by atoms with Gasteiger partial charge in [0, 0.05) is 25.2 Å². The number of methoxy groups -OCH3 is 2. The Morgan fingerprint density at radius 3 is 1.03 bits per heavy atom. The van der Waals surface area contributed by atoms with E-state index in [4.69, 9.17) is 101 Å². The first-order valence-electron chi connectivity index (χ1n) is 37.9. The molecule has 0 unspecified atom stereocenters. The van der Waals surface area contributed by atoms with Crippen LogP contribution in [0.3, 0.4) is 0 Å². The second-order valence-electron chi connectivity index (χ2n) is 26.1. The van der Waals surface area contributed by atoms with E-state index in [0.29, 0.717) is 130 Å². The van der Waals surface area contributed by atoms with Crippen LogP contribution < -0.4 is 221 Å². The summed E-state index contributed by atoms with van der Waals surface area (Å²) in [5.74, 6) is -0.986. The Labute approximate surface area is 870 Å². The molecule has 10 rings (SSSR count). The van der Waals surface area contributed by atoms with Crippen LogP contribution in [0.1, 0.15) is 118 Å². The predicted molar refractivity (Wildman–Crippen MR) is 426 cm³/mol. The fraction of sp³-hybridized carbons (Fsp3) is 0.422. The third kappa shape index (κ3) is 34.2. The van der Waals surface area contributed by atoms with Gasteiger partial charge in [-0.3, -0.25) is 0 Å². The Balaban J connectivity index is 0.000000886. The summed E-state index contributed by atoms with van der Waals surface area (Å²) in [5, 5.41) is 45.5. The summed E-state index contributed by atoms with van der Waals surface area (Å²) < 4.78 is 69.2. The molecule has 624 valence electrons. The van der Waals surface area contributed by atoms with Gasteiger partial charge in [0.25, 0.3) is 0 Å². The number of benzene rings is 8. The van der Waals surface area contributed by atoms with Crippen LogP contribution in [-0.4, -0.2) is 230 Å². The van der Waals surface area contributed by atoms with Gasteiger partial charge in [0.1, 0.15) is 30.3 Å². The van der Waals surface area contributed by atoms with E-state index >= 15 is 0 Å². The average molecular weight is 1990 g/mol. The molecule has 0 saturated carbocycles. The number of ether oxygens (including phenoxy) is 13. The van der Waals surface area contributed by atoms with Crippen LogP contribution in [0.2, 0.25) is 0 Å². The molecule has 0 amide bonds. The summed E-state index contributed by atoms with van der Waals surface area (Å²) in [6.45, 7) is 25.4. The van der Waals surface area contributed by atoms with Gasteiger partial charge in [0.15, 0.2) is 0 Å². The molecule has 8 aromatic rings. The van der Waals surface area contributed by atoms with Crippen molar-refractivity contribution in [3.63, 3.8) is 0 Å². The monoisotopic (exact) mass is 1990 g/mol. The zero-order chi connectivity index (χ0) is 83.1. The van der Waals surface area contributed by atoms with Crippen molar-refractivity contribution in [2.75, 3.05) is 179 Å². The molecule has 0 heterocycles. The van der Waals surface area contributed by atoms with E-state index in [1.807, 2.05) is 38.1 Å². The number of carbonyl (C=O) groups excluding carboxylic acids is 6. The maximum absolute atomic E-state index is 13.5. The predicted octanol–water partition coefficient (Wildman–Crippen LogP) is 0.646. The van der Waals surface area contributed by atoms with Crippen LogP contribution in [-0.2, 0) is 88.5 Å². The van der Waals surface area contributed by atoms with Crippen LogP contribution >= 0.6 is 0 Å². The van der Waals surface area contributed by atoms with E-state index in [1.165, 1.54) is 50.1 Å². The number of hydrogen-bond donors (Lipinski definition) is 4. The number of aliphatic hydroxyl groups is 4. The number of aryl methyl sites for hydroxylation is 7. The zero-order valence-corrected chi connectivity index (χ0v) is 89.5.